The van der Waals surface area contributed by atoms with Gasteiger partial charge in [-0.2, -0.15) is 31.3 Å². The number of hydrogen-bond donors (Lipinski definition) is 1. The van der Waals surface area contributed by atoms with Crippen molar-refractivity contribution >= 4 is 11.6 Å². The minimum Gasteiger partial charge on any atom is -0.460 e. The summed E-state index contributed by atoms with van der Waals surface area (Å²) >= 11 is 0. The third-order valence-electron chi connectivity index (χ3n) is 5.40. The first-order valence-corrected chi connectivity index (χ1v) is 11.3. The lowest BCUT2D eigenvalue weighted by atomic mass is 10.1. The summed E-state index contributed by atoms with van der Waals surface area (Å²) in [6.07, 6.45) is -9.08. The van der Waals surface area contributed by atoms with Crippen LogP contribution in [0.2, 0.25) is 0 Å². The molecular formula is C26H20F6N4O3. The second-order valence-corrected chi connectivity index (χ2v) is 8.13. The van der Waals surface area contributed by atoms with Crippen molar-refractivity contribution in [3.63, 3.8) is 0 Å². The smallest absolute Gasteiger partial charge is 0.416 e. The Morgan fingerprint density at radius 3 is 2.15 bits per heavy atom. The molecule has 0 unspecified atom stereocenters. The first kappa shape index (κ1) is 27.6. The molecule has 0 fully saturated rings. The topological polar surface area (TPSA) is 78.3 Å². The molecule has 0 radical (unpaired) electrons. The fourth-order valence-electron chi connectivity index (χ4n) is 3.47. The van der Waals surface area contributed by atoms with Crippen LogP contribution in [0.25, 0.3) is 17.1 Å². The summed E-state index contributed by atoms with van der Waals surface area (Å²) in [6, 6.07) is 14.3. The number of halogens is 6. The molecular weight excluding hydrogens is 530 g/mol. The van der Waals surface area contributed by atoms with Crippen LogP contribution in [-0.4, -0.2) is 41.0 Å². The van der Waals surface area contributed by atoms with Gasteiger partial charge >= 0.3 is 18.4 Å². The lowest BCUT2D eigenvalue weighted by Crippen LogP contribution is -2.13. The fourth-order valence-corrected chi connectivity index (χ4v) is 3.47. The Morgan fingerprint density at radius 1 is 0.872 bits per heavy atom. The van der Waals surface area contributed by atoms with E-state index in [1.165, 1.54) is 48.2 Å². The second kappa shape index (κ2) is 11.2. The second-order valence-electron chi connectivity index (χ2n) is 8.13. The van der Waals surface area contributed by atoms with E-state index in [0.717, 1.165) is 36.4 Å². The number of amides is 1. The van der Waals surface area contributed by atoms with Crippen LogP contribution in [0.4, 0.5) is 32.0 Å². The molecule has 0 saturated heterocycles. The highest BCUT2D eigenvalue weighted by molar-refractivity contribution is 6.04. The fraction of sp³-hybridized carbons (Fsp3) is 0.192. The minimum atomic E-state index is -4.56. The molecule has 3 aromatic carbocycles. The van der Waals surface area contributed by atoms with Crippen molar-refractivity contribution in [3.05, 3.63) is 89.5 Å². The van der Waals surface area contributed by atoms with Gasteiger partial charge in [-0.3, -0.25) is 4.79 Å². The maximum atomic E-state index is 13.3. The predicted molar refractivity (Wildman–Crippen MR) is 129 cm³/mol. The molecule has 0 aliphatic carbocycles. The summed E-state index contributed by atoms with van der Waals surface area (Å²) in [5.41, 5.74) is -0.868. The first-order valence-electron chi connectivity index (χ1n) is 11.3. The number of carbonyl (C=O) groups is 1. The highest BCUT2D eigenvalue weighted by atomic mass is 19.4. The molecule has 0 saturated carbocycles. The molecule has 0 aliphatic rings. The van der Waals surface area contributed by atoms with Gasteiger partial charge in [0, 0.05) is 23.9 Å². The van der Waals surface area contributed by atoms with E-state index in [0.29, 0.717) is 11.4 Å². The molecule has 4 rings (SSSR count). The minimum absolute atomic E-state index is 0.0213. The van der Waals surface area contributed by atoms with E-state index in [4.69, 9.17) is 9.47 Å². The summed E-state index contributed by atoms with van der Waals surface area (Å²) in [5, 5.41) is 6.83. The van der Waals surface area contributed by atoms with Gasteiger partial charge in [0.25, 0.3) is 5.91 Å². The van der Waals surface area contributed by atoms with Crippen LogP contribution in [0.1, 0.15) is 21.5 Å². The standard InChI is InChI=1S/C26H20F6N4O3/c1-38-13-14-39-24-34-22(17-3-2-4-19(15-17)26(30,31)32)36(35-24)21-11-9-20(10-12-21)33-23(37)16-5-7-18(8-6-16)25(27,28)29/h2-12,15H,13-14H2,1H3,(H,33,37). The number of carbonyl (C=O) groups excluding carboxylic acids is 1. The highest BCUT2D eigenvalue weighted by Crippen LogP contribution is 2.33. The predicted octanol–water partition coefficient (Wildman–Crippen LogP) is 6.25. The van der Waals surface area contributed by atoms with Gasteiger partial charge < -0.3 is 14.8 Å². The van der Waals surface area contributed by atoms with Crippen LogP contribution < -0.4 is 10.1 Å². The molecule has 0 aliphatic heterocycles. The van der Waals surface area contributed by atoms with Crippen LogP contribution in [0.3, 0.4) is 0 Å². The monoisotopic (exact) mass is 550 g/mol. The van der Waals surface area contributed by atoms with Crippen LogP contribution >= 0.6 is 0 Å². The van der Waals surface area contributed by atoms with Gasteiger partial charge in [-0.15, -0.1) is 5.10 Å². The number of nitrogens with one attached hydrogen (secondary N) is 1. The quantitative estimate of drug-likeness (QED) is 0.207. The molecule has 204 valence electrons. The number of methoxy groups -OCH3 is 1. The van der Waals surface area contributed by atoms with E-state index in [-0.39, 0.29) is 36.2 Å². The van der Waals surface area contributed by atoms with Gasteiger partial charge in [-0.05, 0) is 60.7 Å². The largest absolute Gasteiger partial charge is 0.460 e. The molecule has 1 amide bonds. The van der Waals surface area contributed by atoms with E-state index in [9.17, 15) is 31.1 Å². The Bertz CT molecular complexity index is 1430. The highest BCUT2D eigenvalue weighted by Gasteiger charge is 2.31. The third kappa shape index (κ3) is 6.74. The normalized spacial score (nSPS) is 11.9. The van der Waals surface area contributed by atoms with E-state index in [1.807, 2.05) is 0 Å². The zero-order valence-electron chi connectivity index (χ0n) is 20.2. The number of hydrogen-bond acceptors (Lipinski definition) is 5. The average Bonchev–Trinajstić information content (AvgIpc) is 3.33. The number of alkyl halides is 6. The Balaban J connectivity index is 1.59. The maximum absolute atomic E-state index is 13.3. The number of aromatic nitrogens is 3. The van der Waals surface area contributed by atoms with Gasteiger partial charge in [-0.1, -0.05) is 12.1 Å². The molecule has 1 aromatic heterocycles. The van der Waals surface area contributed by atoms with Crippen molar-refractivity contribution in [3.8, 4) is 23.1 Å². The van der Waals surface area contributed by atoms with Gasteiger partial charge in [0.1, 0.15) is 6.61 Å². The third-order valence-corrected chi connectivity index (χ3v) is 5.40. The molecule has 0 atom stereocenters. The van der Waals surface area contributed by atoms with Gasteiger partial charge in [0.15, 0.2) is 5.82 Å². The van der Waals surface area contributed by atoms with Crippen LogP contribution in [0.15, 0.2) is 72.8 Å². The van der Waals surface area contributed by atoms with Crippen molar-refractivity contribution in [2.75, 3.05) is 25.6 Å². The van der Waals surface area contributed by atoms with Gasteiger partial charge in [0.05, 0.1) is 23.4 Å². The average molecular weight is 550 g/mol. The van der Waals surface area contributed by atoms with Gasteiger partial charge in [-0.25, -0.2) is 4.68 Å². The molecule has 39 heavy (non-hydrogen) atoms. The molecule has 1 N–H and O–H groups in total. The maximum Gasteiger partial charge on any atom is 0.416 e. The zero-order valence-corrected chi connectivity index (χ0v) is 20.2. The van der Waals surface area contributed by atoms with Crippen molar-refractivity contribution in [1.82, 2.24) is 14.8 Å². The van der Waals surface area contributed by atoms with Crippen molar-refractivity contribution < 1.29 is 40.6 Å². The molecule has 0 spiro atoms. The lowest BCUT2D eigenvalue weighted by Gasteiger charge is -2.11. The number of anilines is 1. The summed E-state index contributed by atoms with van der Waals surface area (Å²) in [7, 11) is 1.47. The van der Waals surface area contributed by atoms with E-state index in [2.05, 4.69) is 15.4 Å². The Labute approximate surface area is 218 Å². The first-order chi connectivity index (χ1) is 18.5. The summed E-state index contributed by atoms with van der Waals surface area (Å²) in [4.78, 5) is 16.7. The van der Waals surface area contributed by atoms with E-state index >= 15 is 0 Å². The van der Waals surface area contributed by atoms with Crippen LogP contribution in [-0.2, 0) is 17.1 Å². The SMILES string of the molecule is COCCOc1nc(-c2cccc(C(F)(F)F)c2)n(-c2ccc(NC(=O)c3ccc(C(F)(F)F)cc3)cc2)n1. The number of rotatable bonds is 8. The Kier molecular flexibility index (Phi) is 7.90. The number of ether oxygens (including phenoxy) is 2. The summed E-state index contributed by atoms with van der Waals surface area (Å²) in [5.74, 6) is -0.550. The van der Waals surface area contributed by atoms with Crippen molar-refractivity contribution in [2.45, 2.75) is 12.4 Å². The Hall–Kier alpha value is -4.39. The molecule has 0 bridgehead atoms. The van der Waals surface area contributed by atoms with Crippen LogP contribution in [0.5, 0.6) is 6.01 Å². The zero-order chi connectivity index (χ0) is 28.2. The molecule has 4 aromatic rings. The molecule has 13 heteroatoms. The Morgan fingerprint density at radius 2 is 1.54 bits per heavy atom. The van der Waals surface area contributed by atoms with Crippen molar-refractivity contribution in [2.24, 2.45) is 0 Å². The van der Waals surface area contributed by atoms with E-state index in [1.54, 1.807) is 0 Å². The summed E-state index contributed by atoms with van der Waals surface area (Å²) < 4.78 is 89.8. The molecule has 7 nitrogen and oxygen atoms in total. The van der Waals surface area contributed by atoms with E-state index < -0.39 is 29.4 Å². The molecule has 1 heterocycles. The van der Waals surface area contributed by atoms with Gasteiger partial charge in [0.2, 0.25) is 0 Å². The number of nitrogens with zero attached hydrogens (tertiary/aromatic N) is 3. The van der Waals surface area contributed by atoms with Crippen molar-refractivity contribution in [1.29, 1.82) is 0 Å². The number of benzene rings is 3. The van der Waals surface area contributed by atoms with Crippen LogP contribution in [0, 0.1) is 0 Å². The summed E-state index contributed by atoms with van der Waals surface area (Å²) in [6.45, 7) is 0.345. The lowest BCUT2D eigenvalue weighted by molar-refractivity contribution is -0.138.